The Kier molecular flexibility index (Phi) is 7.71. The minimum atomic E-state index is -0.510. The van der Waals surface area contributed by atoms with Gasteiger partial charge in [-0.15, -0.1) is 22.7 Å². The van der Waals surface area contributed by atoms with Crippen LogP contribution in [0.4, 0.5) is 5.00 Å². The molecule has 192 valence electrons. The van der Waals surface area contributed by atoms with Crippen LogP contribution < -0.4 is 10.9 Å². The average molecular weight is 574 g/mol. The molecule has 5 rings (SSSR count). The summed E-state index contributed by atoms with van der Waals surface area (Å²) in [6, 6.07) is 7.12. The highest BCUT2D eigenvalue weighted by Gasteiger charge is 2.25. The van der Waals surface area contributed by atoms with Crippen molar-refractivity contribution < 1.29 is 14.3 Å². The summed E-state index contributed by atoms with van der Waals surface area (Å²) in [4.78, 5) is 47.9. The third-order valence-electron chi connectivity index (χ3n) is 6.16. The van der Waals surface area contributed by atoms with E-state index >= 15 is 0 Å². The predicted octanol–water partition coefficient (Wildman–Crippen LogP) is 6.40. The molecule has 4 aromatic rings. The Labute approximate surface area is 230 Å². The van der Waals surface area contributed by atoms with Gasteiger partial charge in [-0.25, -0.2) is 9.78 Å². The maximum absolute atomic E-state index is 12.8. The van der Waals surface area contributed by atoms with E-state index in [2.05, 4.69) is 22.2 Å². The summed E-state index contributed by atoms with van der Waals surface area (Å²) in [5.41, 5.74) is 2.73. The maximum atomic E-state index is 12.8. The second-order valence-corrected chi connectivity index (χ2v) is 12.2. The Bertz CT molecular complexity index is 1540. The largest absolute Gasteiger partial charge is 0.462 e. The van der Waals surface area contributed by atoms with E-state index in [9.17, 15) is 14.4 Å². The zero-order valence-corrected chi connectivity index (χ0v) is 23.4. The van der Waals surface area contributed by atoms with Crippen LogP contribution in [-0.2, 0) is 22.4 Å². The number of hydrogen-bond acceptors (Lipinski definition) is 8. The van der Waals surface area contributed by atoms with Crippen LogP contribution in [-0.4, -0.2) is 34.2 Å². The van der Waals surface area contributed by atoms with Crippen LogP contribution in [0, 0.1) is 5.92 Å². The van der Waals surface area contributed by atoms with E-state index in [0.29, 0.717) is 37.6 Å². The lowest BCUT2D eigenvalue weighted by Gasteiger charge is -2.17. The number of benzene rings is 1. The van der Waals surface area contributed by atoms with Crippen molar-refractivity contribution in [2.24, 2.45) is 5.92 Å². The summed E-state index contributed by atoms with van der Waals surface area (Å²) in [7, 11) is 0. The summed E-state index contributed by atoms with van der Waals surface area (Å²) >= 11 is 9.99. The number of esters is 1. The maximum Gasteiger partial charge on any atom is 0.341 e. The van der Waals surface area contributed by atoms with Gasteiger partial charge in [-0.05, 0) is 55.4 Å². The van der Waals surface area contributed by atoms with Crippen molar-refractivity contribution in [1.82, 2.24) is 9.97 Å². The molecule has 1 amide bonds. The monoisotopic (exact) mass is 573 g/mol. The van der Waals surface area contributed by atoms with Gasteiger partial charge >= 0.3 is 5.97 Å². The number of nitrogens with zero attached hydrogens (tertiary/aromatic N) is 1. The number of anilines is 1. The summed E-state index contributed by atoms with van der Waals surface area (Å²) in [5.74, 6) is -0.201. The molecule has 0 radical (unpaired) electrons. The van der Waals surface area contributed by atoms with E-state index < -0.39 is 5.97 Å². The average Bonchev–Trinajstić information content (AvgIpc) is 3.44. The molecule has 1 aromatic carbocycles. The minimum absolute atomic E-state index is 0.0208. The SMILES string of the molecule is CCOC(=O)c1c(-c2ccc(Cl)cc2)csc1NC(=O)CSc1nc2sc3c(c2c(=O)[nH]1)CCC(C)C3. The lowest BCUT2D eigenvalue weighted by atomic mass is 9.89. The molecule has 7 nitrogen and oxygen atoms in total. The molecule has 1 unspecified atom stereocenters. The number of aromatic amines is 1. The van der Waals surface area contributed by atoms with Crippen molar-refractivity contribution in [3.05, 3.63) is 61.0 Å². The number of rotatable bonds is 7. The summed E-state index contributed by atoms with van der Waals surface area (Å²) in [6.45, 7) is 4.17. The second-order valence-electron chi connectivity index (χ2n) is 8.82. The van der Waals surface area contributed by atoms with Gasteiger partial charge < -0.3 is 15.0 Å². The molecular formula is C26H24ClN3O4S3. The number of fused-ring (bicyclic) bond motifs is 3. The van der Waals surface area contributed by atoms with Crippen LogP contribution in [0.3, 0.4) is 0 Å². The number of carbonyl (C=O) groups excluding carboxylic acids is 2. The highest BCUT2D eigenvalue weighted by Crippen LogP contribution is 2.38. The number of amides is 1. The van der Waals surface area contributed by atoms with E-state index in [1.165, 1.54) is 16.2 Å². The number of aryl methyl sites for hydroxylation is 1. The number of halogens is 1. The molecule has 0 saturated heterocycles. The molecule has 1 atom stereocenters. The molecule has 3 aromatic heterocycles. The molecule has 0 spiro atoms. The minimum Gasteiger partial charge on any atom is -0.462 e. The standard InChI is InChI=1S/C26H24ClN3O4S3/c1-3-34-25(33)21-17(14-5-7-15(27)8-6-14)11-35-23(21)28-19(31)12-36-26-29-22(32)20-16-9-4-13(2)10-18(16)37-24(20)30-26/h5-8,11,13H,3-4,9-10,12H2,1-2H3,(H,28,31)(H,29,30,32). The van der Waals surface area contributed by atoms with Crippen LogP contribution >= 0.6 is 46.0 Å². The Morgan fingerprint density at radius 3 is 2.84 bits per heavy atom. The zero-order chi connectivity index (χ0) is 26.1. The zero-order valence-electron chi connectivity index (χ0n) is 20.2. The first-order chi connectivity index (χ1) is 17.8. The van der Waals surface area contributed by atoms with Crippen molar-refractivity contribution in [1.29, 1.82) is 0 Å². The first-order valence-corrected chi connectivity index (χ1v) is 14.9. The molecule has 1 aliphatic rings. The van der Waals surface area contributed by atoms with E-state index in [-0.39, 0.29) is 23.8 Å². The molecular weight excluding hydrogens is 550 g/mol. The third-order valence-corrected chi connectivity index (χ3v) is 9.33. The molecule has 0 bridgehead atoms. The normalized spacial score (nSPS) is 14.9. The van der Waals surface area contributed by atoms with Gasteiger partial charge in [0.05, 0.1) is 17.7 Å². The molecule has 0 fully saturated rings. The van der Waals surface area contributed by atoms with E-state index in [0.717, 1.165) is 47.0 Å². The fraction of sp³-hybridized carbons (Fsp3) is 0.308. The summed E-state index contributed by atoms with van der Waals surface area (Å²) < 4.78 is 5.26. The van der Waals surface area contributed by atoms with Gasteiger partial charge in [0.15, 0.2) is 5.16 Å². The molecule has 11 heteroatoms. The Balaban J connectivity index is 1.33. The number of nitrogens with one attached hydrogen (secondary N) is 2. The second kappa shape index (κ2) is 11.0. The smallest absolute Gasteiger partial charge is 0.341 e. The predicted molar refractivity (Wildman–Crippen MR) is 152 cm³/mol. The highest BCUT2D eigenvalue weighted by atomic mass is 35.5. The van der Waals surface area contributed by atoms with Gasteiger partial charge in [0, 0.05) is 20.8 Å². The lowest BCUT2D eigenvalue weighted by Crippen LogP contribution is -2.17. The first kappa shape index (κ1) is 26.0. The van der Waals surface area contributed by atoms with E-state index in [4.69, 9.17) is 16.3 Å². The number of carbonyl (C=O) groups is 2. The van der Waals surface area contributed by atoms with Crippen LogP contribution in [0.5, 0.6) is 0 Å². The van der Waals surface area contributed by atoms with Crippen molar-refractivity contribution in [2.75, 3.05) is 17.7 Å². The van der Waals surface area contributed by atoms with Crippen LogP contribution in [0.25, 0.3) is 21.3 Å². The lowest BCUT2D eigenvalue weighted by molar-refractivity contribution is -0.113. The number of thioether (sulfide) groups is 1. The van der Waals surface area contributed by atoms with Gasteiger partial charge in [0.1, 0.15) is 15.4 Å². The van der Waals surface area contributed by atoms with Gasteiger partial charge in [-0.2, -0.15) is 0 Å². The van der Waals surface area contributed by atoms with Gasteiger partial charge in [-0.3, -0.25) is 9.59 Å². The number of thiophene rings is 2. The van der Waals surface area contributed by atoms with Crippen molar-refractivity contribution >= 4 is 73.1 Å². The van der Waals surface area contributed by atoms with Crippen LogP contribution in [0.1, 0.15) is 41.1 Å². The van der Waals surface area contributed by atoms with Gasteiger partial charge in [0.2, 0.25) is 5.91 Å². The van der Waals surface area contributed by atoms with E-state index in [1.54, 1.807) is 30.4 Å². The van der Waals surface area contributed by atoms with Crippen molar-refractivity contribution in [3.8, 4) is 11.1 Å². The van der Waals surface area contributed by atoms with Crippen molar-refractivity contribution in [3.63, 3.8) is 0 Å². The molecule has 0 aliphatic heterocycles. The van der Waals surface area contributed by atoms with E-state index in [1.807, 2.05) is 17.5 Å². The van der Waals surface area contributed by atoms with Gasteiger partial charge in [-0.1, -0.05) is 42.4 Å². The fourth-order valence-electron chi connectivity index (χ4n) is 4.39. The number of hydrogen-bond donors (Lipinski definition) is 2. The Morgan fingerprint density at radius 2 is 2.08 bits per heavy atom. The van der Waals surface area contributed by atoms with Crippen LogP contribution in [0.2, 0.25) is 5.02 Å². The molecule has 0 saturated carbocycles. The molecule has 37 heavy (non-hydrogen) atoms. The molecule has 2 N–H and O–H groups in total. The van der Waals surface area contributed by atoms with Crippen molar-refractivity contribution in [2.45, 2.75) is 38.3 Å². The highest BCUT2D eigenvalue weighted by molar-refractivity contribution is 7.99. The van der Waals surface area contributed by atoms with Gasteiger partial charge in [0.25, 0.3) is 5.56 Å². The Morgan fingerprint density at radius 1 is 1.30 bits per heavy atom. The third kappa shape index (κ3) is 5.47. The fourth-order valence-corrected chi connectivity index (χ4v) is 7.59. The molecule has 1 aliphatic carbocycles. The first-order valence-electron chi connectivity index (χ1n) is 11.9. The molecule has 3 heterocycles. The number of aromatic nitrogens is 2. The van der Waals surface area contributed by atoms with Crippen LogP contribution in [0.15, 0.2) is 39.6 Å². The Hall–Kier alpha value is -2.66. The number of H-pyrrole nitrogens is 1. The quantitative estimate of drug-likeness (QED) is 0.151. The summed E-state index contributed by atoms with van der Waals surface area (Å²) in [6.07, 6.45) is 2.95. The summed E-state index contributed by atoms with van der Waals surface area (Å²) in [5, 5.41) is 6.73. The number of ether oxygens (including phenoxy) is 1. The topological polar surface area (TPSA) is 101 Å².